The van der Waals surface area contributed by atoms with Crippen molar-refractivity contribution in [3.8, 4) is 0 Å². The Morgan fingerprint density at radius 2 is 1.60 bits per heavy atom. The van der Waals surface area contributed by atoms with E-state index < -0.39 is 11.6 Å². The quantitative estimate of drug-likeness (QED) is 0.471. The average Bonchev–Trinajstić information content (AvgIpc) is 3.00. The fourth-order valence-corrected chi connectivity index (χ4v) is 9.32. The molecule has 6 rings (SSSR count). The predicted octanol–water partition coefficient (Wildman–Crippen LogP) is 4.20. The molecule has 168 valence electrons. The highest BCUT2D eigenvalue weighted by Crippen LogP contribution is 2.73. The van der Waals surface area contributed by atoms with E-state index in [9.17, 15) is 5.21 Å². The summed E-state index contributed by atoms with van der Waals surface area (Å²) in [5.41, 5.74) is 1.09. The van der Waals surface area contributed by atoms with Crippen molar-refractivity contribution in [1.29, 1.82) is 0 Å². The van der Waals surface area contributed by atoms with Crippen LogP contribution in [0.3, 0.4) is 0 Å². The second-order valence-electron chi connectivity index (χ2n) is 11.3. The number of hydrogen-bond acceptors (Lipinski definition) is 6. The van der Waals surface area contributed by atoms with Crippen LogP contribution in [-0.4, -0.2) is 48.9 Å². The van der Waals surface area contributed by atoms with E-state index in [4.69, 9.17) is 18.9 Å². The lowest BCUT2D eigenvalue weighted by molar-refractivity contribution is -0.474. The number of nitrogens with zero attached hydrogens (tertiary/aromatic N) is 1. The molecule has 0 spiro atoms. The summed E-state index contributed by atoms with van der Waals surface area (Å²) in [6, 6.07) is 0. The van der Waals surface area contributed by atoms with Crippen LogP contribution < -0.4 is 0 Å². The van der Waals surface area contributed by atoms with Gasteiger partial charge in [-0.1, -0.05) is 38.8 Å². The Morgan fingerprint density at radius 3 is 2.30 bits per heavy atom. The second kappa shape index (κ2) is 6.43. The average molecular weight is 420 g/mol. The van der Waals surface area contributed by atoms with E-state index in [1.807, 2.05) is 0 Å². The predicted molar refractivity (Wildman–Crippen MR) is 110 cm³/mol. The molecule has 7 atom stereocenters. The van der Waals surface area contributed by atoms with Gasteiger partial charge in [0.2, 0.25) is 11.6 Å². The summed E-state index contributed by atoms with van der Waals surface area (Å²) in [6.45, 7) is 9.37. The van der Waals surface area contributed by atoms with Crippen LogP contribution in [0.1, 0.15) is 65.7 Å². The highest BCUT2D eigenvalue weighted by molar-refractivity contribution is 5.90. The van der Waals surface area contributed by atoms with Gasteiger partial charge in [-0.3, -0.25) is 0 Å². The molecule has 0 radical (unpaired) electrons. The van der Waals surface area contributed by atoms with Gasteiger partial charge >= 0.3 is 0 Å². The van der Waals surface area contributed by atoms with Crippen molar-refractivity contribution in [1.82, 2.24) is 0 Å². The number of oxime groups is 1. The normalized spacial score (nSPS) is 58.9. The van der Waals surface area contributed by atoms with E-state index in [-0.39, 0.29) is 16.7 Å². The summed E-state index contributed by atoms with van der Waals surface area (Å²) in [5, 5.41) is 14.1. The molecule has 4 aliphatic carbocycles. The molecular formula is C24H37NO5. The van der Waals surface area contributed by atoms with Crippen molar-refractivity contribution in [3.63, 3.8) is 0 Å². The molecule has 4 saturated carbocycles. The molecule has 2 aliphatic heterocycles. The number of rotatable bonds is 0. The van der Waals surface area contributed by atoms with Gasteiger partial charge in [-0.2, -0.15) is 0 Å². The molecule has 2 heterocycles. The van der Waals surface area contributed by atoms with E-state index in [2.05, 4.69) is 25.9 Å². The topological polar surface area (TPSA) is 69.5 Å². The van der Waals surface area contributed by atoms with E-state index in [0.29, 0.717) is 50.1 Å². The fourth-order valence-electron chi connectivity index (χ4n) is 9.32. The maximum Gasteiger partial charge on any atom is 0.229 e. The maximum atomic E-state index is 10.1. The van der Waals surface area contributed by atoms with Crippen molar-refractivity contribution >= 4 is 5.71 Å². The first-order chi connectivity index (χ1) is 14.4. The van der Waals surface area contributed by atoms with Gasteiger partial charge in [0.25, 0.3) is 0 Å². The van der Waals surface area contributed by atoms with Gasteiger partial charge in [0.15, 0.2) is 0 Å². The van der Waals surface area contributed by atoms with Gasteiger partial charge in [-0.25, -0.2) is 0 Å². The molecule has 0 aromatic carbocycles. The molecule has 1 N–H and O–H groups in total. The zero-order valence-electron chi connectivity index (χ0n) is 18.7. The Kier molecular flexibility index (Phi) is 4.28. The third kappa shape index (κ3) is 2.13. The Hall–Kier alpha value is -0.690. The maximum absolute atomic E-state index is 10.1. The first-order valence-corrected chi connectivity index (χ1v) is 12.2. The lowest BCUT2D eigenvalue weighted by Crippen LogP contribution is -2.70. The van der Waals surface area contributed by atoms with E-state index in [1.165, 1.54) is 25.7 Å². The van der Waals surface area contributed by atoms with Gasteiger partial charge in [-0.15, -0.1) is 0 Å². The zero-order chi connectivity index (χ0) is 20.8. The minimum atomic E-state index is -0.813. The lowest BCUT2D eigenvalue weighted by atomic mass is 9.42. The summed E-state index contributed by atoms with van der Waals surface area (Å²) in [4.78, 5) is 0. The number of ether oxygens (including phenoxy) is 4. The van der Waals surface area contributed by atoms with Crippen LogP contribution in [0, 0.1) is 40.4 Å². The fraction of sp³-hybridized carbons (Fsp3) is 0.958. The van der Waals surface area contributed by atoms with Gasteiger partial charge in [-0.05, 0) is 48.9 Å². The van der Waals surface area contributed by atoms with Crippen molar-refractivity contribution in [3.05, 3.63) is 0 Å². The Labute approximate surface area is 179 Å². The van der Waals surface area contributed by atoms with Gasteiger partial charge in [0, 0.05) is 23.7 Å². The summed E-state index contributed by atoms with van der Waals surface area (Å²) in [7, 11) is 0. The molecule has 6 fully saturated rings. The Morgan fingerprint density at radius 1 is 0.900 bits per heavy atom. The molecule has 30 heavy (non-hydrogen) atoms. The lowest BCUT2D eigenvalue weighted by Gasteiger charge is -2.63. The Balaban J connectivity index is 1.47. The number of hydrogen-bond donors (Lipinski definition) is 1. The molecule has 0 amide bonds. The van der Waals surface area contributed by atoms with Crippen LogP contribution in [0.4, 0.5) is 0 Å². The van der Waals surface area contributed by atoms with E-state index >= 15 is 0 Å². The van der Waals surface area contributed by atoms with Gasteiger partial charge in [0.05, 0.1) is 32.1 Å². The van der Waals surface area contributed by atoms with Crippen LogP contribution in [0.25, 0.3) is 0 Å². The standard InChI is InChI=1S/C24H37NO5/c1-15-19-16(21(2)8-5-4-6-17(21)20(15)25-26)7-9-22(3)18(19)14-23-24(22,29-12-10-27-23)30-13-11-28-23/h15-19,26H,4-14H2,1-3H3/b25-20+/t15-,16-,17?,18-,19+,21+,22-,23?,24?/m0/s1. The minimum Gasteiger partial charge on any atom is -0.411 e. The largest absolute Gasteiger partial charge is 0.411 e. The molecule has 0 aromatic rings. The summed E-state index contributed by atoms with van der Waals surface area (Å²) in [5.74, 6) is 0.501. The highest BCUT2D eigenvalue weighted by Gasteiger charge is 2.79. The summed E-state index contributed by atoms with van der Waals surface area (Å²) in [6.07, 6.45) is 8.01. The van der Waals surface area contributed by atoms with Crippen LogP contribution in [0.2, 0.25) is 0 Å². The first-order valence-electron chi connectivity index (χ1n) is 12.2. The minimum absolute atomic E-state index is 0.165. The molecule has 2 saturated heterocycles. The van der Waals surface area contributed by atoms with E-state index in [0.717, 1.165) is 25.0 Å². The van der Waals surface area contributed by atoms with Crippen LogP contribution in [-0.2, 0) is 18.9 Å². The van der Waals surface area contributed by atoms with Crippen molar-refractivity contribution < 1.29 is 24.2 Å². The van der Waals surface area contributed by atoms with Crippen LogP contribution in [0.5, 0.6) is 0 Å². The van der Waals surface area contributed by atoms with E-state index in [1.54, 1.807) is 0 Å². The summed E-state index contributed by atoms with van der Waals surface area (Å²) >= 11 is 0. The monoisotopic (exact) mass is 419 g/mol. The van der Waals surface area contributed by atoms with Crippen molar-refractivity contribution in [2.45, 2.75) is 77.3 Å². The summed E-state index contributed by atoms with van der Waals surface area (Å²) < 4.78 is 25.8. The third-order valence-electron chi connectivity index (χ3n) is 10.5. The van der Waals surface area contributed by atoms with Gasteiger partial charge < -0.3 is 24.2 Å². The molecule has 6 heteroatoms. The smallest absolute Gasteiger partial charge is 0.229 e. The first kappa shape index (κ1) is 20.0. The molecule has 0 bridgehead atoms. The molecule has 0 aromatic heterocycles. The molecule has 1 unspecified atom stereocenters. The molecule has 6 nitrogen and oxygen atoms in total. The molecule has 6 aliphatic rings. The van der Waals surface area contributed by atoms with Crippen molar-refractivity contribution in [2.75, 3.05) is 26.4 Å². The van der Waals surface area contributed by atoms with Gasteiger partial charge in [0.1, 0.15) is 0 Å². The zero-order valence-corrected chi connectivity index (χ0v) is 18.7. The third-order valence-corrected chi connectivity index (χ3v) is 10.5. The molecular weight excluding hydrogens is 382 g/mol. The highest BCUT2D eigenvalue weighted by atomic mass is 16.8. The Bertz CT molecular complexity index is 742. The van der Waals surface area contributed by atoms with Crippen LogP contribution in [0.15, 0.2) is 5.16 Å². The van der Waals surface area contributed by atoms with Crippen LogP contribution >= 0.6 is 0 Å². The number of fused-ring (bicyclic) bond motifs is 5. The van der Waals surface area contributed by atoms with Crippen molar-refractivity contribution in [2.24, 2.45) is 45.6 Å². The second-order valence-corrected chi connectivity index (χ2v) is 11.3. The SMILES string of the molecule is C[C@@H]1/C(=N\O)C2CCCC[C@]2(C)[C@H]2CC[C@@]3(C)[C@@H](CC45OCCOC43OCCO5)[C@H]12.